The third-order valence-corrected chi connectivity index (χ3v) is 3.58. The molecule has 1 aromatic carbocycles. The molecule has 1 aliphatic rings. The highest BCUT2D eigenvalue weighted by Crippen LogP contribution is 2.29. The number of amides is 1. The number of nitrogens with one attached hydrogen (secondary N) is 2. The number of alkyl halides is 3. The summed E-state index contributed by atoms with van der Waals surface area (Å²) in [5.74, 6) is -1.89. The lowest BCUT2D eigenvalue weighted by molar-refractivity contribution is -0.159. The Bertz CT molecular complexity index is 724. The van der Waals surface area contributed by atoms with Crippen LogP contribution < -0.4 is 10.6 Å². The number of nitrogens with zero attached hydrogens (tertiary/aromatic N) is 2. The molecule has 0 radical (unpaired) electrons. The summed E-state index contributed by atoms with van der Waals surface area (Å²) in [5.41, 5.74) is 0.693. The van der Waals surface area contributed by atoms with Gasteiger partial charge in [0.25, 0.3) is 5.91 Å². The van der Waals surface area contributed by atoms with Crippen LogP contribution in [0.4, 0.5) is 13.2 Å². The monoisotopic (exact) mass is 356 g/mol. The maximum Gasteiger partial charge on any atom is 0.471 e. The number of halogens is 3. The molecule has 1 atom stereocenters. The summed E-state index contributed by atoms with van der Waals surface area (Å²) in [6.07, 6.45) is -4.69. The minimum absolute atomic E-state index is 0.0529. The molecule has 1 saturated heterocycles. The van der Waals surface area contributed by atoms with Crippen LogP contribution in [-0.2, 0) is 10.9 Å². The average molecular weight is 356 g/mol. The van der Waals surface area contributed by atoms with Crippen molar-refractivity contribution in [3.05, 3.63) is 35.7 Å². The molecule has 2 aromatic rings. The molecule has 3 rings (SSSR count). The molecule has 2 heterocycles. The molecule has 1 aliphatic heterocycles. The van der Waals surface area contributed by atoms with E-state index in [4.69, 9.17) is 4.74 Å². The van der Waals surface area contributed by atoms with Crippen LogP contribution in [0.3, 0.4) is 0 Å². The first-order valence-corrected chi connectivity index (χ1v) is 7.54. The van der Waals surface area contributed by atoms with Crippen molar-refractivity contribution < 1.29 is 27.2 Å². The van der Waals surface area contributed by atoms with E-state index in [0.717, 1.165) is 6.54 Å². The summed E-state index contributed by atoms with van der Waals surface area (Å²) in [6, 6.07) is 5.94. The fraction of sp³-hybridized carbons (Fsp3) is 0.400. The normalized spacial score (nSPS) is 18.1. The number of carbonyl (C=O) groups is 1. The summed E-state index contributed by atoms with van der Waals surface area (Å²) in [6.45, 7) is 2.33. The molecule has 1 fully saturated rings. The van der Waals surface area contributed by atoms with Crippen molar-refractivity contribution in [2.24, 2.45) is 0 Å². The van der Waals surface area contributed by atoms with Gasteiger partial charge < -0.3 is 19.9 Å². The lowest BCUT2D eigenvalue weighted by atomic mass is 10.1. The van der Waals surface area contributed by atoms with E-state index in [1.807, 2.05) is 0 Å². The van der Waals surface area contributed by atoms with Crippen LogP contribution in [0.5, 0.6) is 0 Å². The SMILES string of the molecule is O=C(NC[C@H]1COCCN1)c1ccc(-c2noc(C(F)(F)F)n2)cc1. The predicted molar refractivity (Wildman–Crippen MR) is 79.7 cm³/mol. The molecule has 10 heteroatoms. The van der Waals surface area contributed by atoms with Crippen LogP contribution in [0.25, 0.3) is 11.4 Å². The number of rotatable bonds is 4. The number of benzene rings is 1. The molecule has 134 valence electrons. The van der Waals surface area contributed by atoms with Gasteiger partial charge in [-0.15, -0.1) is 0 Å². The smallest absolute Gasteiger partial charge is 0.378 e. The van der Waals surface area contributed by atoms with Gasteiger partial charge in [-0.25, -0.2) is 0 Å². The van der Waals surface area contributed by atoms with Crippen LogP contribution in [0.15, 0.2) is 28.8 Å². The number of morpholine rings is 1. The quantitative estimate of drug-likeness (QED) is 0.863. The molecule has 2 N–H and O–H groups in total. The third-order valence-electron chi connectivity index (χ3n) is 3.58. The Kier molecular flexibility index (Phi) is 5.00. The number of ether oxygens (including phenoxy) is 1. The molecule has 0 aliphatic carbocycles. The predicted octanol–water partition coefficient (Wildman–Crippen LogP) is 1.47. The maximum absolute atomic E-state index is 12.5. The molecule has 1 amide bonds. The first kappa shape index (κ1) is 17.4. The molecular formula is C15H15F3N4O3. The minimum Gasteiger partial charge on any atom is -0.378 e. The number of hydrogen-bond donors (Lipinski definition) is 2. The van der Waals surface area contributed by atoms with Gasteiger partial charge in [0, 0.05) is 30.3 Å². The van der Waals surface area contributed by atoms with Crippen molar-refractivity contribution >= 4 is 5.91 Å². The van der Waals surface area contributed by atoms with Gasteiger partial charge in [-0.2, -0.15) is 18.2 Å². The zero-order chi connectivity index (χ0) is 17.9. The van der Waals surface area contributed by atoms with Crippen molar-refractivity contribution in [2.45, 2.75) is 12.2 Å². The van der Waals surface area contributed by atoms with Crippen molar-refractivity contribution in [1.29, 1.82) is 0 Å². The van der Waals surface area contributed by atoms with Gasteiger partial charge in [0.2, 0.25) is 5.82 Å². The molecule has 1 aromatic heterocycles. The molecule has 0 spiro atoms. The zero-order valence-electron chi connectivity index (χ0n) is 13.0. The Morgan fingerprint density at radius 1 is 1.32 bits per heavy atom. The zero-order valence-corrected chi connectivity index (χ0v) is 13.0. The second-order valence-corrected chi connectivity index (χ2v) is 5.43. The molecule has 0 saturated carbocycles. The highest BCUT2D eigenvalue weighted by Gasteiger charge is 2.38. The summed E-state index contributed by atoms with van der Waals surface area (Å²) in [4.78, 5) is 15.4. The van der Waals surface area contributed by atoms with Crippen molar-refractivity contribution in [1.82, 2.24) is 20.8 Å². The molecule has 25 heavy (non-hydrogen) atoms. The Labute approximate surface area is 140 Å². The molecule has 0 bridgehead atoms. The summed E-state index contributed by atoms with van der Waals surface area (Å²) in [5, 5.41) is 9.28. The van der Waals surface area contributed by atoms with Gasteiger partial charge in [-0.05, 0) is 12.1 Å². The van der Waals surface area contributed by atoms with E-state index in [9.17, 15) is 18.0 Å². The minimum atomic E-state index is -4.69. The Morgan fingerprint density at radius 2 is 2.08 bits per heavy atom. The maximum atomic E-state index is 12.5. The standard InChI is InChI=1S/C15H15F3N4O3/c16-15(17,18)14-21-12(22-25-14)9-1-3-10(4-2-9)13(23)20-7-11-8-24-6-5-19-11/h1-4,11,19H,5-8H2,(H,20,23)/t11-/m0/s1. The molecule has 7 nitrogen and oxygen atoms in total. The number of carbonyl (C=O) groups excluding carboxylic acids is 1. The number of hydrogen-bond acceptors (Lipinski definition) is 6. The highest BCUT2D eigenvalue weighted by atomic mass is 19.4. The van der Waals surface area contributed by atoms with Gasteiger partial charge in [0.05, 0.1) is 13.2 Å². The van der Waals surface area contributed by atoms with Gasteiger partial charge >= 0.3 is 12.1 Å². The van der Waals surface area contributed by atoms with E-state index >= 15 is 0 Å². The van der Waals surface area contributed by atoms with Gasteiger partial charge in [-0.3, -0.25) is 4.79 Å². The average Bonchev–Trinajstić information content (AvgIpc) is 3.11. The van der Waals surface area contributed by atoms with Crippen LogP contribution >= 0.6 is 0 Å². The van der Waals surface area contributed by atoms with Crippen molar-refractivity contribution in [3.63, 3.8) is 0 Å². The first-order chi connectivity index (χ1) is 11.9. The second-order valence-electron chi connectivity index (χ2n) is 5.43. The van der Waals surface area contributed by atoms with E-state index < -0.39 is 12.1 Å². The van der Waals surface area contributed by atoms with E-state index in [1.165, 1.54) is 24.3 Å². The van der Waals surface area contributed by atoms with Crippen LogP contribution in [0.2, 0.25) is 0 Å². The second kappa shape index (κ2) is 7.19. The van der Waals surface area contributed by atoms with Gasteiger partial charge in [0.15, 0.2) is 0 Å². The fourth-order valence-corrected chi connectivity index (χ4v) is 2.30. The van der Waals surface area contributed by atoms with Gasteiger partial charge in [-0.1, -0.05) is 17.3 Å². The lowest BCUT2D eigenvalue weighted by Crippen LogP contribution is -2.48. The number of aromatic nitrogens is 2. The molecule has 0 unspecified atom stereocenters. The van der Waals surface area contributed by atoms with E-state index in [1.54, 1.807) is 0 Å². The summed E-state index contributed by atoms with van der Waals surface area (Å²) >= 11 is 0. The fourth-order valence-electron chi connectivity index (χ4n) is 2.30. The van der Waals surface area contributed by atoms with Crippen molar-refractivity contribution in [3.8, 4) is 11.4 Å². The third kappa shape index (κ3) is 4.34. The Balaban J connectivity index is 1.61. The van der Waals surface area contributed by atoms with E-state index in [0.29, 0.717) is 30.9 Å². The Morgan fingerprint density at radius 3 is 2.68 bits per heavy atom. The lowest BCUT2D eigenvalue weighted by Gasteiger charge is -2.23. The van der Waals surface area contributed by atoms with E-state index in [2.05, 4.69) is 25.3 Å². The highest BCUT2D eigenvalue weighted by molar-refractivity contribution is 5.94. The van der Waals surface area contributed by atoms with Crippen molar-refractivity contribution in [2.75, 3.05) is 26.3 Å². The molecular weight excluding hydrogens is 341 g/mol. The summed E-state index contributed by atoms with van der Waals surface area (Å²) < 4.78 is 46.9. The van der Waals surface area contributed by atoms with Crippen LogP contribution in [0.1, 0.15) is 16.2 Å². The van der Waals surface area contributed by atoms with Crippen LogP contribution in [0, 0.1) is 0 Å². The van der Waals surface area contributed by atoms with E-state index in [-0.39, 0.29) is 17.8 Å². The topological polar surface area (TPSA) is 89.3 Å². The van der Waals surface area contributed by atoms with Gasteiger partial charge in [0.1, 0.15) is 0 Å². The van der Waals surface area contributed by atoms with Crippen LogP contribution in [-0.4, -0.2) is 48.4 Å². The first-order valence-electron chi connectivity index (χ1n) is 7.54. The Hall–Kier alpha value is -2.46. The largest absolute Gasteiger partial charge is 0.471 e. The summed E-state index contributed by atoms with van der Waals surface area (Å²) in [7, 11) is 0.